The Morgan fingerprint density at radius 3 is 1.83 bits per heavy atom. The van der Waals surface area contributed by atoms with Crippen LogP contribution in [0.5, 0.6) is 0 Å². The molecule has 1 aliphatic rings. The lowest BCUT2D eigenvalue weighted by atomic mass is 10.0. The van der Waals surface area contributed by atoms with Crippen molar-refractivity contribution < 1.29 is 26.4 Å². The van der Waals surface area contributed by atoms with Gasteiger partial charge in [0.1, 0.15) is 6.04 Å². The second-order valence-corrected chi connectivity index (χ2v) is 13.2. The van der Waals surface area contributed by atoms with E-state index in [0.717, 1.165) is 20.3 Å². The topological polar surface area (TPSA) is 135 Å². The minimum Gasteiger partial charge on any atom is -0.274 e. The molecule has 1 unspecified atom stereocenters. The fourth-order valence-corrected chi connectivity index (χ4v) is 7.55. The molecule has 0 radical (unpaired) electrons. The van der Waals surface area contributed by atoms with E-state index >= 15 is 0 Å². The van der Waals surface area contributed by atoms with Gasteiger partial charge in [-0.3, -0.25) is 9.59 Å². The third-order valence-electron chi connectivity index (χ3n) is 6.30. The Hall–Kier alpha value is -2.60. The largest absolute Gasteiger partial charge is 0.274 e. The van der Waals surface area contributed by atoms with E-state index in [0.29, 0.717) is 11.1 Å². The lowest BCUT2D eigenvalue weighted by Gasteiger charge is -2.38. The molecule has 2 aromatic rings. The van der Waals surface area contributed by atoms with Crippen molar-refractivity contribution in [2.24, 2.45) is 5.14 Å². The van der Waals surface area contributed by atoms with Crippen molar-refractivity contribution in [1.29, 1.82) is 0 Å². The zero-order valence-corrected chi connectivity index (χ0v) is 22.5. The average molecular weight is 522 g/mol. The van der Waals surface area contributed by atoms with Gasteiger partial charge in [-0.1, -0.05) is 6.07 Å². The van der Waals surface area contributed by atoms with Gasteiger partial charge in [0.05, 0.1) is 21.9 Å². The van der Waals surface area contributed by atoms with E-state index in [9.17, 15) is 26.4 Å². The molecule has 2 N–H and O–H groups in total. The number of rotatable bonds is 5. The van der Waals surface area contributed by atoms with E-state index in [4.69, 9.17) is 5.14 Å². The van der Waals surface area contributed by atoms with Crippen LogP contribution in [0.1, 0.15) is 49.4 Å². The maximum Gasteiger partial charge on any atom is 0.252 e. The van der Waals surface area contributed by atoms with Gasteiger partial charge in [-0.2, -0.15) is 4.31 Å². The van der Waals surface area contributed by atoms with E-state index in [1.54, 1.807) is 34.6 Å². The Morgan fingerprint density at radius 1 is 0.914 bits per heavy atom. The fourth-order valence-electron chi connectivity index (χ4n) is 4.52. The number of imide groups is 1. The maximum atomic E-state index is 14.1. The van der Waals surface area contributed by atoms with E-state index in [1.165, 1.54) is 24.3 Å². The molecule has 11 heteroatoms. The molecule has 9 nitrogen and oxygen atoms in total. The zero-order chi connectivity index (χ0) is 26.7. The molecule has 0 bridgehead atoms. The van der Waals surface area contributed by atoms with Crippen LogP contribution in [-0.4, -0.2) is 44.5 Å². The molecule has 0 spiro atoms. The highest BCUT2D eigenvalue weighted by molar-refractivity contribution is 7.89. The molecule has 35 heavy (non-hydrogen) atoms. The van der Waals surface area contributed by atoms with Crippen LogP contribution in [0, 0.1) is 27.7 Å². The first kappa shape index (κ1) is 27.0. The molecule has 1 fully saturated rings. The monoisotopic (exact) mass is 521 g/mol. The summed E-state index contributed by atoms with van der Waals surface area (Å²) in [6.07, 6.45) is -0.338. The van der Waals surface area contributed by atoms with Gasteiger partial charge in [-0.05, 0) is 95.0 Å². The SMILES string of the molecule is Cc1cc(C)c(C)c(S(=O)(=O)N(C2CC(=O)N(c3ccc(S(N)(=O)=O)cc3)C2=O)C(C)(C)C)c1C. The Labute approximate surface area is 207 Å². The molecule has 2 aromatic carbocycles. The number of carbonyl (C=O) groups is 2. The first-order valence-electron chi connectivity index (χ1n) is 11.0. The molecule has 2 amide bonds. The summed E-state index contributed by atoms with van der Waals surface area (Å²) in [7, 11) is -8.15. The van der Waals surface area contributed by atoms with Crippen molar-refractivity contribution in [1.82, 2.24) is 4.31 Å². The Kier molecular flexibility index (Phi) is 6.79. The number of benzene rings is 2. The Morgan fingerprint density at radius 2 is 1.40 bits per heavy atom. The summed E-state index contributed by atoms with van der Waals surface area (Å²) >= 11 is 0. The summed E-state index contributed by atoms with van der Waals surface area (Å²) in [5, 5.41) is 5.12. The van der Waals surface area contributed by atoms with Gasteiger partial charge in [0, 0.05) is 5.54 Å². The third kappa shape index (κ3) is 4.77. The molecule has 190 valence electrons. The van der Waals surface area contributed by atoms with Crippen LogP contribution >= 0.6 is 0 Å². The molecule has 3 rings (SSSR count). The lowest BCUT2D eigenvalue weighted by molar-refractivity contribution is -0.122. The molecular weight excluding hydrogens is 490 g/mol. The van der Waals surface area contributed by atoms with Crippen LogP contribution in [0.15, 0.2) is 40.1 Å². The van der Waals surface area contributed by atoms with Gasteiger partial charge in [0.15, 0.2) is 0 Å². The van der Waals surface area contributed by atoms with Crippen LogP contribution in [0.4, 0.5) is 5.69 Å². The number of amides is 2. The normalized spacial score (nSPS) is 17.5. The van der Waals surface area contributed by atoms with Crippen molar-refractivity contribution in [3.05, 3.63) is 52.6 Å². The van der Waals surface area contributed by atoms with Gasteiger partial charge >= 0.3 is 0 Å². The number of carbonyl (C=O) groups excluding carboxylic acids is 2. The van der Waals surface area contributed by atoms with Crippen LogP contribution in [-0.2, 0) is 29.6 Å². The minimum absolute atomic E-state index is 0.139. The molecule has 1 atom stereocenters. The molecule has 0 aliphatic carbocycles. The average Bonchev–Trinajstić information content (AvgIpc) is 2.98. The molecule has 1 heterocycles. The number of primary sulfonamides is 1. The Balaban J connectivity index is 2.13. The number of hydrogen-bond acceptors (Lipinski definition) is 6. The number of anilines is 1. The fraction of sp³-hybridized carbons (Fsp3) is 0.417. The van der Waals surface area contributed by atoms with E-state index in [-0.39, 0.29) is 21.9 Å². The van der Waals surface area contributed by atoms with Crippen LogP contribution in [0.25, 0.3) is 0 Å². The predicted molar refractivity (Wildman–Crippen MR) is 133 cm³/mol. The van der Waals surface area contributed by atoms with Crippen LogP contribution in [0.3, 0.4) is 0 Å². The van der Waals surface area contributed by atoms with Gasteiger partial charge < -0.3 is 0 Å². The first-order chi connectivity index (χ1) is 15.9. The van der Waals surface area contributed by atoms with Crippen LogP contribution in [0.2, 0.25) is 0 Å². The summed E-state index contributed by atoms with van der Waals surface area (Å²) in [5.41, 5.74) is 1.92. The van der Waals surface area contributed by atoms with Gasteiger partial charge in [-0.15, -0.1) is 0 Å². The van der Waals surface area contributed by atoms with Crippen molar-refractivity contribution in [3.8, 4) is 0 Å². The zero-order valence-electron chi connectivity index (χ0n) is 20.9. The quantitative estimate of drug-likeness (QED) is 0.601. The van der Waals surface area contributed by atoms with Crippen LogP contribution < -0.4 is 10.0 Å². The van der Waals surface area contributed by atoms with Crippen molar-refractivity contribution >= 4 is 37.5 Å². The summed E-state index contributed by atoms with van der Waals surface area (Å²) in [6.45, 7) is 12.2. The van der Waals surface area contributed by atoms with Crippen molar-refractivity contribution in [2.75, 3.05) is 4.90 Å². The molecule has 1 aliphatic heterocycles. The molecule has 0 saturated carbocycles. The van der Waals surface area contributed by atoms with Gasteiger partial charge in [-0.25, -0.2) is 26.9 Å². The number of aryl methyl sites for hydroxylation is 2. The van der Waals surface area contributed by atoms with Crippen molar-refractivity contribution in [3.63, 3.8) is 0 Å². The third-order valence-corrected chi connectivity index (χ3v) is 9.68. The number of nitrogens with two attached hydrogens (primary N) is 1. The van der Waals surface area contributed by atoms with E-state index in [1.807, 2.05) is 19.9 Å². The van der Waals surface area contributed by atoms with Gasteiger partial charge in [0.2, 0.25) is 26.0 Å². The summed E-state index contributed by atoms with van der Waals surface area (Å²) in [6, 6.07) is 5.64. The lowest BCUT2D eigenvalue weighted by Crippen LogP contribution is -2.54. The highest BCUT2D eigenvalue weighted by Crippen LogP contribution is 2.37. The standard InChI is InChI=1S/C24H31N3O6S2/c1-14-12-15(2)17(4)22(16(14)3)35(32,33)27(24(5,6)7)20-13-21(28)26(23(20)29)18-8-10-19(11-9-18)34(25,30)31/h8-12,20H,13H2,1-7H3,(H2,25,30,31). The number of nitrogens with zero attached hydrogens (tertiary/aromatic N) is 2. The van der Waals surface area contributed by atoms with Crippen molar-refractivity contribution in [2.45, 2.75) is 76.3 Å². The summed E-state index contributed by atoms with van der Waals surface area (Å²) in [5.74, 6) is -1.28. The summed E-state index contributed by atoms with van der Waals surface area (Å²) in [4.78, 5) is 27.3. The van der Waals surface area contributed by atoms with Gasteiger partial charge in [0.25, 0.3) is 5.91 Å². The molecular formula is C24H31N3O6S2. The predicted octanol–water partition coefficient (Wildman–Crippen LogP) is 2.69. The second-order valence-electron chi connectivity index (χ2n) is 9.89. The minimum atomic E-state index is -4.20. The number of sulfonamides is 2. The van der Waals surface area contributed by atoms with E-state index < -0.39 is 43.4 Å². The highest BCUT2D eigenvalue weighted by Gasteiger charge is 2.51. The summed E-state index contributed by atoms with van der Waals surface area (Å²) < 4.78 is 52.5. The highest BCUT2D eigenvalue weighted by atomic mass is 32.2. The second kappa shape index (κ2) is 8.81. The van der Waals surface area contributed by atoms with E-state index in [2.05, 4.69) is 0 Å². The first-order valence-corrected chi connectivity index (χ1v) is 14.0. The Bertz CT molecular complexity index is 1400. The maximum absolute atomic E-state index is 14.1. The number of hydrogen-bond donors (Lipinski definition) is 1. The smallest absolute Gasteiger partial charge is 0.252 e. The molecule has 0 aromatic heterocycles. The molecule has 1 saturated heterocycles.